The van der Waals surface area contributed by atoms with Crippen LogP contribution in [-0.4, -0.2) is 31.6 Å². The summed E-state index contributed by atoms with van der Waals surface area (Å²) in [4.78, 5) is 65.7. The molecule has 0 saturated carbocycles. The molecule has 0 atom stereocenters. The Bertz CT molecular complexity index is 1330. The summed E-state index contributed by atoms with van der Waals surface area (Å²) in [5.74, 6) is -2.75. The van der Waals surface area contributed by atoms with Crippen LogP contribution in [0, 0.1) is 47.4 Å². The highest BCUT2D eigenvalue weighted by atomic mass is 16.6. The van der Waals surface area contributed by atoms with E-state index < -0.39 is 65.5 Å². The highest BCUT2D eigenvalue weighted by Crippen LogP contribution is 2.31. The quantitative estimate of drug-likeness (QED) is 0.180. The minimum atomic E-state index is -1.19. The first kappa shape index (κ1) is 25.8. The maximum absolute atomic E-state index is 12.6. The van der Waals surface area contributed by atoms with Crippen LogP contribution in [0.25, 0.3) is 0 Å². The second kappa shape index (κ2) is 10.2. The van der Waals surface area contributed by atoms with Crippen LogP contribution >= 0.6 is 0 Å². The SMILES string of the molecule is Cc1c(OC(=O)c2cc([N+](=O)[O-])cc([N+](=O)[O-])c2)cccc1OC(=O)c1cc([N+](=O)[O-])cc([N+](=O)[O-])c1. The number of non-ortho nitro benzene ring substituents is 4. The highest BCUT2D eigenvalue weighted by molar-refractivity contribution is 5.94. The highest BCUT2D eigenvalue weighted by Gasteiger charge is 2.24. The zero-order valence-corrected chi connectivity index (χ0v) is 18.4. The van der Waals surface area contributed by atoms with Crippen molar-refractivity contribution >= 4 is 34.7 Å². The fraction of sp³-hybridized carbons (Fsp3) is 0.0476. The second-order valence-corrected chi connectivity index (χ2v) is 7.16. The minimum absolute atomic E-state index is 0.0593. The summed E-state index contributed by atoms with van der Waals surface area (Å²) in [6, 6.07) is 8.30. The molecule has 3 aromatic carbocycles. The normalized spacial score (nSPS) is 10.3. The van der Waals surface area contributed by atoms with E-state index in [-0.39, 0.29) is 17.1 Å². The molecule has 0 aromatic heterocycles. The lowest BCUT2D eigenvalue weighted by Crippen LogP contribution is -2.13. The van der Waals surface area contributed by atoms with Gasteiger partial charge in [0.2, 0.25) is 0 Å². The van der Waals surface area contributed by atoms with Crippen molar-refractivity contribution in [2.24, 2.45) is 0 Å². The van der Waals surface area contributed by atoms with Gasteiger partial charge in [-0.3, -0.25) is 40.5 Å². The van der Waals surface area contributed by atoms with Gasteiger partial charge >= 0.3 is 11.9 Å². The Labute approximate surface area is 204 Å². The molecular formula is C21H12N4O12. The molecule has 0 aliphatic heterocycles. The van der Waals surface area contributed by atoms with E-state index in [0.29, 0.717) is 12.1 Å². The van der Waals surface area contributed by atoms with Gasteiger partial charge in [-0.15, -0.1) is 0 Å². The maximum Gasteiger partial charge on any atom is 0.344 e. The summed E-state index contributed by atoms with van der Waals surface area (Å²) in [5.41, 5.74) is -3.79. The van der Waals surface area contributed by atoms with E-state index in [2.05, 4.69) is 0 Å². The molecule has 0 spiro atoms. The van der Waals surface area contributed by atoms with Gasteiger partial charge in [-0.1, -0.05) is 6.07 Å². The Morgan fingerprint density at radius 3 is 1.16 bits per heavy atom. The van der Waals surface area contributed by atoms with Crippen LogP contribution in [0.2, 0.25) is 0 Å². The van der Waals surface area contributed by atoms with Gasteiger partial charge in [-0.2, -0.15) is 0 Å². The van der Waals surface area contributed by atoms with E-state index in [9.17, 15) is 50.0 Å². The van der Waals surface area contributed by atoms with Crippen molar-refractivity contribution in [1.82, 2.24) is 0 Å². The first-order valence-corrected chi connectivity index (χ1v) is 9.79. The monoisotopic (exact) mass is 512 g/mol. The molecule has 188 valence electrons. The van der Waals surface area contributed by atoms with Crippen LogP contribution in [0.4, 0.5) is 22.7 Å². The van der Waals surface area contributed by atoms with Gasteiger partial charge in [-0.25, -0.2) is 9.59 Å². The average molecular weight is 512 g/mol. The van der Waals surface area contributed by atoms with Crippen molar-refractivity contribution in [3.8, 4) is 11.5 Å². The van der Waals surface area contributed by atoms with Crippen LogP contribution in [0.5, 0.6) is 11.5 Å². The lowest BCUT2D eigenvalue weighted by atomic mass is 10.1. The van der Waals surface area contributed by atoms with Crippen molar-refractivity contribution in [2.45, 2.75) is 6.92 Å². The Balaban J connectivity index is 1.90. The van der Waals surface area contributed by atoms with Crippen LogP contribution < -0.4 is 9.47 Å². The number of nitrogens with zero attached hydrogens (tertiary/aromatic N) is 4. The zero-order valence-electron chi connectivity index (χ0n) is 18.4. The van der Waals surface area contributed by atoms with Crippen molar-refractivity contribution in [1.29, 1.82) is 0 Å². The Morgan fingerprint density at radius 2 is 0.892 bits per heavy atom. The van der Waals surface area contributed by atoms with E-state index in [1.807, 2.05) is 0 Å². The third kappa shape index (κ3) is 5.83. The number of rotatable bonds is 8. The van der Waals surface area contributed by atoms with E-state index in [0.717, 1.165) is 24.3 Å². The Morgan fingerprint density at radius 1 is 0.595 bits per heavy atom. The van der Waals surface area contributed by atoms with Gasteiger partial charge in [0, 0.05) is 29.8 Å². The van der Waals surface area contributed by atoms with Crippen molar-refractivity contribution < 1.29 is 38.8 Å². The van der Waals surface area contributed by atoms with Crippen LogP contribution in [0.15, 0.2) is 54.6 Å². The number of esters is 2. The van der Waals surface area contributed by atoms with Gasteiger partial charge in [-0.05, 0) is 19.1 Å². The first-order chi connectivity index (χ1) is 17.4. The molecule has 0 bridgehead atoms. The van der Waals surface area contributed by atoms with Crippen molar-refractivity contribution in [3.05, 3.63) is 112 Å². The number of carbonyl (C=O) groups excluding carboxylic acids is 2. The molecule has 0 saturated heterocycles. The summed E-state index contributed by atoms with van der Waals surface area (Å²) >= 11 is 0. The third-order valence-electron chi connectivity index (χ3n) is 4.76. The lowest BCUT2D eigenvalue weighted by molar-refractivity contribution is -0.394. The van der Waals surface area contributed by atoms with Crippen LogP contribution in [0.3, 0.4) is 0 Å². The molecule has 3 aromatic rings. The van der Waals surface area contributed by atoms with Gasteiger partial charge in [0.25, 0.3) is 22.7 Å². The standard InChI is InChI=1S/C21H12N4O12/c1-11-18(36-20(26)12-5-14(22(28)29)9-15(6-12)23(30)31)3-2-4-19(11)37-21(27)13-7-16(24(32)33)10-17(8-13)25(34)35/h2-10H,1H3. The smallest absolute Gasteiger partial charge is 0.344 e. The molecule has 3 rings (SSSR count). The average Bonchev–Trinajstić information content (AvgIpc) is 2.85. The third-order valence-corrected chi connectivity index (χ3v) is 4.76. The predicted molar refractivity (Wildman–Crippen MR) is 121 cm³/mol. The molecule has 0 heterocycles. The second-order valence-electron chi connectivity index (χ2n) is 7.16. The summed E-state index contributed by atoms with van der Waals surface area (Å²) in [6.45, 7) is 1.36. The molecule has 16 heteroatoms. The van der Waals surface area contributed by atoms with Crippen molar-refractivity contribution in [3.63, 3.8) is 0 Å². The first-order valence-electron chi connectivity index (χ1n) is 9.79. The van der Waals surface area contributed by atoms with Gasteiger partial charge in [0.1, 0.15) is 11.5 Å². The number of hydrogen-bond acceptors (Lipinski definition) is 12. The molecule has 0 N–H and O–H groups in total. The van der Waals surface area contributed by atoms with Gasteiger partial charge < -0.3 is 9.47 Å². The molecule has 0 radical (unpaired) electrons. The van der Waals surface area contributed by atoms with Crippen LogP contribution in [-0.2, 0) is 0 Å². The molecule has 37 heavy (non-hydrogen) atoms. The van der Waals surface area contributed by atoms with E-state index in [1.165, 1.54) is 25.1 Å². The number of ether oxygens (including phenoxy) is 2. The Kier molecular flexibility index (Phi) is 7.13. The molecular weight excluding hydrogens is 500 g/mol. The number of hydrogen-bond donors (Lipinski definition) is 0. The van der Waals surface area contributed by atoms with E-state index in [4.69, 9.17) is 9.47 Å². The topological polar surface area (TPSA) is 225 Å². The summed E-state index contributed by atoms with van der Waals surface area (Å²) in [6.07, 6.45) is 0. The van der Waals surface area contributed by atoms with Gasteiger partial charge in [0.15, 0.2) is 0 Å². The maximum atomic E-state index is 12.6. The van der Waals surface area contributed by atoms with Gasteiger partial charge in [0.05, 0.1) is 43.0 Å². The lowest BCUT2D eigenvalue weighted by Gasteiger charge is -2.12. The molecule has 0 aliphatic carbocycles. The molecule has 16 nitrogen and oxygen atoms in total. The number of carbonyl (C=O) groups is 2. The summed E-state index contributed by atoms with van der Waals surface area (Å²) < 4.78 is 10.4. The fourth-order valence-electron chi connectivity index (χ4n) is 2.98. The van der Waals surface area contributed by atoms with E-state index >= 15 is 0 Å². The van der Waals surface area contributed by atoms with Crippen molar-refractivity contribution in [2.75, 3.05) is 0 Å². The van der Waals surface area contributed by atoms with Crippen LogP contribution in [0.1, 0.15) is 26.3 Å². The molecule has 0 fully saturated rings. The summed E-state index contributed by atoms with van der Waals surface area (Å²) in [7, 11) is 0. The molecule has 0 unspecified atom stereocenters. The number of benzene rings is 3. The zero-order chi connectivity index (χ0) is 27.4. The molecule has 0 amide bonds. The Hall–Kier alpha value is -5.80. The van der Waals surface area contributed by atoms with E-state index in [1.54, 1.807) is 0 Å². The largest absolute Gasteiger partial charge is 0.423 e. The predicted octanol–water partition coefficient (Wildman–Crippen LogP) is 4.07. The molecule has 0 aliphatic rings. The summed E-state index contributed by atoms with van der Waals surface area (Å²) in [5, 5.41) is 44.2. The fourth-order valence-corrected chi connectivity index (χ4v) is 2.98. The number of nitro benzene ring substituents is 4. The minimum Gasteiger partial charge on any atom is -0.423 e. The number of nitro groups is 4.